The van der Waals surface area contributed by atoms with Gasteiger partial charge in [0.2, 0.25) is 0 Å². The van der Waals surface area contributed by atoms with Crippen LogP contribution in [-0.4, -0.2) is 4.92 Å². The Morgan fingerprint density at radius 3 is 1.83 bits per heavy atom. The minimum atomic E-state index is -1.60. The van der Waals surface area contributed by atoms with E-state index in [1.807, 2.05) is 0 Å². The van der Waals surface area contributed by atoms with Gasteiger partial charge in [0.1, 0.15) is 11.4 Å². The van der Waals surface area contributed by atoms with Crippen molar-refractivity contribution in [3.8, 4) is 0 Å². The number of benzene rings is 2. The maximum Gasteiger partial charge on any atom is 0.294 e. The standard InChI is InChI=1S/C6H4Br2N2O2.C6H2BrF4N/c7-9(8)5-3-1-2-4-6(5)10(11)12;7-1-2(8)4(10)6(12)5(11)3(1)9/h1-4H;12H2. The van der Waals surface area contributed by atoms with Gasteiger partial charge in [-0.05, 0) is 22.0 Å². The molecule has 0 fully saturated rings. The molecule has 0 heterocycles. The Balaban J connectivity index is 0.000000240. The summed E-state index contributed by atoms with van der Waals surface area (Å²) in [5.74, 6) is -6.26. The van der Waals surface area contributed by atoms with Crippen LogP contribution in [0.4, 0.5) is 34.6 Å². The first-order chi connectivity index (χ1) is 11.1. The SMILES string of the molecule is Nc1c(F)c(F)c(Br)c(F)c1F.O=[N+]([O-])c1ccccc1N(Br)Br. The molecular weight excluding hydrogens is 534 g/mol. The molecule has 0 spiro atoms. The summed E-state index contributed by atoms with van der Waals surface area (Å²) in [5.41, 5.74) is 4.05. The van der Waals surface area contributed by atoms with Crippen molar-refractivity contribution in [1.29, 1.82) is 0 Å². The molecule has 0 unspecified atom stereocenters. The van der Waals surface area contributed by atoms with Gasteiger partial charge in [-0.1, -0.05) is 12.1 Å². The lowest BCUT2D eigenvalue weighted by molar-refractivity contribution is -0.384. The van der Waals surface area contributed by atoms with E-state index < -0.39 is 38.4 Å². The molecule has 0 aliphatic carbocycles. The molecule has 0 amide bonds. The summed E-state index contributed by atoms with van der Waals surface area (Å²) < 4.78 is 50.5. The quantitative estimate of drug-likeness (QED) is 0.102. The number of para-hydroxylation sites is 2. The zero-order valence-electron chi connectivity index (χ0n) is 11.2. The van der Waals surface area contributed by atoms with E-state index in [1.54, 1.807) is 18.2 Å². The molecule has 24 heavy (non-hydrogen) atoms. The van der Waals surface area contributed by atoms with Crippen LogP contribution in [0, 0.1) is 33.4 Å². The average molecular weight is 540 g/mol. The van der Waals surface area contributed by atoms with Crippen LogP contribution in [0.3, 0.4) is 0 Å². The van der Waals surface area contributed by atoms with Gasteiger partial charge in [0.15, 0.2) is 23.3 Å². The summed E-state index contributed by atoms with van der Waals surface area (Å²) in [6, 6.07) is 6.40. The number of nitrogens with two attached hydrogens (primary N) is 1. The Hall–Kier alpha value is -1.40. The fourth-order valence-corrected chi connectivity index (χ4v) is 2.33. The Labute approximate surface area is 158 Å². The molecular formula is C12H6Br3F4N3O2. The Morgan fingerprint density at radius 1 is 1.00 bits per heavy atom. The number of nitro benzene ring substituents is 1. The molecule has 2 aromatic rings. The molecule has 0 aliphatic rings. The third kappa shape index (κ3) is 4.57. The van der Waals surface area contributed by atoms with E-state index in [9.17, 15) is 27.7 Å². The number of hydrogen-bond donors (Lipinski definition) is 1. The van der Waals surface area contributed by atoms with Gasteiger partial charge in [0, 0.05) is 6.07 Å². The molecule has 0 radical (unpaired) electrons. The van der Waals surface area contributed by atoms with Gasteiger partial charge >= 0.3 is 0 Å². The molecule has 0 aliphatic heterocycles. The summed E-state index contributed by atoms with van der Waals surface area (Å²) in [7, 11) is 0. The Morgan fingerprint density at radius 2 is 1.46 bits per heavy atom. The van der Waals surface area contributed by atoms with Crippen molar-refractivity contribution in [1.82, 2.24) is 0 Å². The van der Waals surface area contributed by atoms with Crippen molar-refractivity contribution in [2.45, 2.75) is 0 Å². The highest BCUT2D eigenvalue weighted by Crippen LogP contribution is 2.31. The molecule has 5 nitrogen and oxygen atoms in total. The summed E-state index contributed by atoms with van der Waals surface area (Å²) in [5, 5.41) is 10.5. The van der Waals surface area contributed by atoms with E-state index in [0.717, 1.165) is 0 Å². The fraction of sp³-hybridized carbons (Fsp3) is 0. The predicted molar refractivity (Wildman–Crippen MR) is 91.8 cm³/mol. The molecule has 12 heteroatoms. The maximum atomic E-state index is 12.5. The Kier molecular flexibility index (Phi) is 7.42. The normalized spacial score (nSPS) is 9.96. The van der Waals surface area contributed by atoms with E-state index in [0.29, 0.717) is 5.69 Å². The van der Waals surface area contributed by atoms with Crippen molar-refractivity contribution in [2.24, 2.45) is 0 Å². The lowest BCUT2D eigenvalue weighted by atomic mass is 10.3. The number of nitrogens with zero attached hydrogens (tertiary/aromatic N) is 2. The number of hydrogen-bond acceptors (Lipinski definition) is 4. The molecule has 0 saturated heterocycles. The lowest BCUT2D eigenvalue weighted by Gasteiger charge is -2.05. The van der Waals surface area contributed by atoms with Gasteiger partial charge in [0.05, 0.1) is 41.7 Å². The van der Waals surface area contributed by atoms with Crippen LogP contribution in [0.1, 0.15) is 0 Å². The third-order valence-corrected chi connectivity index (χ3v) is 3.96. The largest absolute Gasteiger partial charge is 0.394 e. The first kappa shape index (κ1) is 20.6. The van der Waals surface area contributed by atoms with Crippen LogP contribution in [0.5, 0.6) is 0 Å². The number of halogens is 7. The number of rotatable bonds is 2. The molecule has 0 bridgehead atoms. The molecule has 0 saturated carbocycles. The first-order valence-corrected chi connectivity index (χ1v) is 7.92. The van der Waals surface area contributed by atoms with E-state index in [2.05, 4.69) is 48.2 Å². The highest BCUT2D eigenvalue weighted by molar-refractivity contribution is 9.25. The zero-order valence-corrected chi connectivity index (χ0v) is 16.0. The monoisotopic (exact) mass is 537 g/mol. The van der Waals surface area contributed by atoms with Gasteiger partial charge in [0.25, 0.3) is 5.69 Å². The minimum absolute atomic E-state index is 0.0475. The summed E-state index contributed by atoms with van der Waals surface area (Å²) in [6.45, 7) is 0. The topological polar surface area (TPSA) is 72.4 Å². The highest BCUT2D eigenvalue weighted by Gasteiger charge is 2.21. The summed E-state index contributed by atoms with van der Waals surface area (Å²) in [4.78, 5) is 10.0. The van der Waals surface area contributed by atoms with Crippen molar-refractivity contribution >= 4 is 65.3 Å². The van der Waals surface area contributed by atoms with Crippen LogP contribution < -0.4 is 8.69 Å². The lowest BCUT2D eigenvalue weighted by Crippen LogP contribution is -2.03. The molecule has 2 N–H and O–H groups in total. The van der Waals surface area contributed by atoms with E-state index in [4.69, 9.17) is 5.73 Å². The second-order valence-corrected chi connectivity index (χ2v) is 7.13. The number of anilines is 2. The van der Waals surface area contributed by atoms with E-state index >= 15 is 0 Å². The molecule has 0 atom stereocenters. The number of nitrogen functional groups attached to an aromatic ring is 1. The van der Waals surface area contributed by atoms with Crippen LogP contribution in [0.2, 0.25) is 0 Å². The number of nitro groups is 1. The van der Waals surface area contributed by atoms with Crippen LogP contribution in [0.15, 0.2) is 28.7 Å². The van der Waals surface area contributed by atoms with Gasteiger partial charge < -0.3 is 5.73 Å². The predicted octanol–water partition coefficient (Wildman–Crippen LogP) is 5.61. The summed E-state index contributed by atoms with van der Waals surface area (Å²) in [6.07, 6.45) is 0. The highest BCUT2D eigenvalue weighted by atomic mass is 79.9. The van der Waals surface area contributed by atoms with Crippen molar-refractivity contribution < 1.29 is 22.5 Å². The van der Waals surface area contributed by atoms with Gasteiger partial charge in [-0.15, -0.1) is 0 Å². The first-order valence-electron chi connectivity index (χ1n) is 5.71. The molecule has 2 rings (SSSR count). The Bertz CT molecular complexity index is 672. The fourth-order valence-electron chi connectivity index (χ4n) is 1.38. The van der Waals surface area contributed by atoms with Crippen molar-refractivity contribution in [2.75, 3.05) is 8.69 Å². The van der Waals surface area contributed by atoms with Gasteiger partial charge in [-0.25, -0.2) is 20.5 Å². The second-order valence-electron chi connectivity index (χ2n) is 3.96. The third-order valence-electron chi connectivity index (χ3n) is 2.50. The van der Waals surface area contributed by atoms with Crippen LogP contribution >= 0.6 is 48.2 Å². The van der Waals surface area contributed by atoms with E-state index in [-0.39, 0.29) is 5.69 Å². The van der Waals surface area contributed by atoms with E-state index in [1.165, 1.54) is 9.02 Å². The van der Waals surface area contributed by atoms with Crippen LogP contribution in [-0.2, 0) is 0 Å². The maximum absolute atomic E-state index is 12.5. The summed E-state index contributed by atoms with van der Waals surface area (Å²) >= 11 is 8.42. The van der Waals surface area contributed by atoms with Crippen LogP contribution in [0.25, 0.3) is 0 Å². The van der Waals surface area contributed by atoms with Crippen molar-refractivity contribution in [3.63, 3.8) is 0 Å². The van der Waals surface area contributed by atoms with Crippen molar-refractivity contribution in [3.05, 3.63) is 62.1 Å². The molecule has 2 aromatic carbocycles. The van der Waals surface area contributed by atoms with Gasteiger partial charge in [-0.3, -0.25) is 10.1 Å². The molecule has 130 valence electrons. The smallest absolute Gasteiger partial charge is 0.294 e. The molecule has 0 aromatic heterocycles. The zero-order chi connectivity index (χ0) is 18.6. The minimum Gasteiger partial charge on any atom is -0.394 e. The average Bonchev–Trinajstić information content (AvgIpc) is 2.57. The second kappa shape index (κ2) is 8.62. The van der Waals surface area contributed by atoms with Gasteiger partial charge in [-0.2, -0.15) is 0 Å².